The molecule has 0 atom stereocenters. The van der Waals surface area contributed by atoms with E-state index in [0.29, 0.717) is 22.6 Å². The number of pyridine rings is 1. The van der Waals surface area contributed by atoms with Crippen molar-refractivity contribution in [2.24, 2.45) is 0 Å². The molecule has 110 valence electrons. The molecule has 0 saturated carbocycles. The highest BCUT2D eigenvalue weighted by atomic mass is 79.9. The van der Waals surface area contributed by atoms with Crippen LogP contribution in [-0.2, 0) is 16.4 Å². The van der Waals surface area contributed by atoms with Gasteiger partial charge in [-0.25, -0.2) is 13.4 Å². The highest BCUT2D eigenvalue weighted by Gasteiger charge is 2.19. The molecular weight excluding hydrogens is 356 g/mol. The Kier molecular flexibility index (Phi) is 3.62. The summed E-state index contributed by atoms with van der Waals surface area (Å²) in [5.74, 6) is 0.642. The minimum absolute atomic E-state index is 0.184. The van der Waals surface area contributed by atoms with Crippen LogP contribution in [0.5, 0.6) is 5.75 Å². The summed E-state index contributed by atoms with van der Waals surface area (Å²) >= 11 is 3.28. The molecule has 0 bridgehead atoms. The smallest absolute Gasteiger partial charge is 0.262 e. The summed E-state index contributed by atoms with van der Waals surface area (Å²) in [6, 6.07) is 6.67. The average Bonchev–Trinajstić information content (AvgIpc) is 2.90. The lowest BCUT2D eigenvalue weighted by atomic mass is 10.2. The van der Waals surface area contributed by atoms with Gasteiger partial charge in [0, 0.05) is 12.5 Å². The summed E-state index contributed by atoms with van der Waals surface area (Å²) in [6.45, 7) is 2.44. The molecule has 0 unspecified atom stereocenters. The van der Waals surface area contributed by atoms with E-state index in [-0.39, 0.29) is 4.90 Å². The molecule has 3 rings (SSSR count). The van der Waals surface area contributed by atoms with Gasteiger partial charge in [0.25, 0.3) is 10.0 Å². The maximum atomic E-state index is 12.4. The van der Waals surface area contributed by atoms with E-state index in [0.717, 1.165) is 17.5 Å². The lowest BCUT2D eigenvalue weighted by Gasteiger charge is -2.10. The number of anilines is 1. The first-order valence-corrected chi connectivity index (χ1v) is 8.64. The Labute approximate surface area is 131 Å². The predicted molar refractivity (Wildman–Crippen MR) is 83.1 cm³/mol. The SMILES string of the molecule is Cc1cc(NS(=O)(=O)c2ccc3c(c2)OCC3)cnc1Br. The second kappa shape index (κ2) is 5.31. The zero-order chi connectivity index (χ0) is 15.0. The van der Waals surface area contributed by atoms with Crippen molar-refractivity contribution in [2.45, 2.75) is 18.2 Å². The molecule has 1 aromatic carbocycles. The fraction of sp³-hybridized carbons (Fsp3) is 0.214. The zero-order valence-corrected chi connectivity index (χ0v) is 13.7. The third-order valence-electron chi connectivity index (χ3n) is 3.24. The molecule has 2 aromatic rings. The topological polar surface area (TPSA) is 68.3 Å². The van der Waals surface area contributed by atoms with Gasteiger partial charge in [-0.2, -0.15) is 0 Å². The molecule has 21 heavy (non-hydrogen) atoms. The van der Waals surface area contributed by atoms with E-state index < -0.39 is 10.0 Å². The Balaban J connectivity index is 1.91. The third-order valence-corrected chi connectivity index (χ3v) is 5.45. The summed E-state index contributed by atoms with van der Waals surface area (Å²) in [5.41, 5.74) is 2.32. The lowest BCUT2D eigenvalue weighted by Crippen LogP contribution is -2.13. The third kappa shape index (κ3) is 2.89. The van der Waals surface area contributed by atoms with Gasteiger partial charge >= 0.3 is 0 Å². The van der Waals surface area contributed by atoms with Crippen LogP contribution in [0.25, 0.3) is 0 Å². The van der Waals surface area contributed by atoms with Crippen LogP contribution in [0.2, 0.25) is 0 Å². The molecule has 0 amide bonds. The lowest BCUT2D eigenvalue weighted by molar-refractivity contribution is 0.356. The Morgan fingerprint density at radius 2 is 2.14 bits per heavy atom. The van der Waals surface area contributed by atoms with Gasteiger partial charge in [0.05, 0.1) is 23.4 Å². The quantitative estimate of drug-likeness (QED) is 0.845. The Morgan fingerprint density at radius 1 is 1.33 bits per heavy atom. The van der Waals surface area contributed by atoms with Gasteiger partial charge in [0.15, 0.2) is 0 Å². The molecular formula is C14H13BrN2O3S. The first-order chi connectivity index (χ1) is 9.95. The number of benzene rings is 1. The van der Waals surface area contributed by atoms with E-state index in [1.54, 1.807) is 24.3 Å². The zero-order valence-electron chi connectivity index (χ0n) is 11.3. The first-order valence-electron chi connectivity index (χ1n) is 6.36. The van der Waals surface area contributed by atoms with E-state index in [1.807, 2.05) is 6.92 Å². The molecule has 0 radical (unpaired) electrons. The van der Waals surface area contributed by atoms with Gasteiger partial charge in [-0.05, 0) is 46.1 Å². The van der Waals surface area contributed by atoms with E-state index in [9.17, 15) is 8.42 Å². The largest absolute Gasteiger partial charge is 0.493 e. The van der Waals surface area contributed by atoms with Gasteiger partial charge in [0.1, 0.15) is 10.4 Å². The average molecular weight is 369 g/mol. The summed E-state index contributed by atoms with van der Waals surface area (Å²) in [7, 11) is -3.65. The van der Waals surface area contributed by atoms with Crippen molar-refractivity contribution in [3.8, 4) is 5.75 Å². The van der Waals surface area contributed by atoms with Crippen LogP contribution in [0.1, 0.15) is 11.1 Å². The number of hydrogen-bond donors (Lipinski definition) is 1. The minimum atomic E-state index is -3.65. The maximum absolute atomic E-state index is 12.4. The van der Waals surface area contributed by atoms with Crippen molar-refractivity contribution < 1.29 is 13.2 Å². The molecule has 1 aliphatic heterocycles. The normalized spacial score (nSPS) is 13.6. The van der Waals surface area contributed by atoms with Gasteiger partial charge in [-0.3, -0.25) is 4.72 Å². The molecule has 1 aliphatic rings. The molecule has 7 heteroatoms. The number of ether oxygens (including phenoxy) is 1. The first kappa shape index (κ1) is 14.3. The number of nitrogens with one attached hydrogen (secondary N) is 1. The van der Waals surface area contributed by atoms with E-state index in [1.165, 1.54) is 6.20 Å². The Hall–Kier alpha value is -1.60. The van der Waals surface area contributed by atoms with Crippen LogP contribution in [0, 0.1) is 6.92 Å². The van der Waals surface area contributed by atoms with Crippen LogP contribution in [0.15, 0.2) is 40.0 Å². The van der Waals surface area contributed by atoms with Crippen LogP contribution >= 0.6 is 15.9 Å². The molecule has 5 nitrogen and oxygen atoms in total. The number of fused-ring (bicyclic) bond motifs is 1. The number of rotatable bonds is 3. The van der Waals surface area contributed by atoms with Gasteiger partial charge < -0.3 is 4.74 Å². The number of hydrogen-bond acceptors (Lipinski definition) is 4. The Bertz CT molecular complexity index is 806. The second-order valence-electron chi connectivity index (χ2n) is 4.81. The molecule has 1 N–H and O–H groups in total. The summed E-state index contributed by atoms with van der Waals surface area (Å²) in [5, 5.41) is 0. The molecule has 2 heterocycles. The highest BCUT2D eigenvalue weighted by molar-refractivity contribution is 9.10. The van der Waals surface area contributed by atoms with Crippen LogP contribution < -0.4 is 9.46 Å². The van der Waals surface area contributed by atoms with Crippen LogP contribution in [-0.4, -0.2) is 20.0 Å². The van der Waals surface area contributed by atoms with Crippen molar-refractivity contribution in [2.75, 3.05) is 11.3 Å². The molecule has 0 spiro atoms. The van der Waals surface area contributed by atoms with E-state index >= 15 is 0 Å². The Morgan fingerprint density at radius 3 is 2.90 bits per heavy atom. The molecule has 0 saturated heterocycles. The minimum Gasteiger partial charge on any atom is -0.493 e. The predicted octanol–water partition coefficient (Wildman–Crippen LogP) is 2.89. The number of aromatic nitrogens is 1. The van der Waals surface area contributed by atoms with E-state index in [4.69, 9.17) is 4.74 Å². The van der Waals surface area contributed by atoms with Crippen LogP contribution in [0.3, 0.4) is 0 Å². The fourth-order valence-electron chi connectivity index (χ4n) is 2.14. The summed E-state index contributed by atoms with van der Waals surface area (Å²) < 4.78 is 33.4. The maximum Gasteiger partial charge on any atom is 0.262 e. The van der Waals surface area contributed by atoms with Crippen molar-refractivity contribution in [3.63, 3.8) is 0 Å². The molecule has 0 fully saturated rings. The van der Waals surface area contributed by atoms with Gasteiger partial charge in [-0.1, -0.05) is 6.07 Å². The summed E-state index contributed by atoms with van der Waals surface area (Å²) in [6.07, 6.45) is 2.29. The highest BCUT2D eigenvalue weighted by Crippen LogP contribution is 2.29. The number of halogens is 1. The summed E-state index contributed by atoms with van der Waals surface area (Å²) in [4.78, 5) is 4.26. The molecule has 0 aliphatic carbocycles. The van der Waals surface area contributed by atoms with Crippen molar-refractivity contribution in [1.29, 1.82) is 0 Å². The van der Waals surface area contributed by atoms with Gasteiger partial charge in [0.2, 0.25) is 0 Å². The van der Waals surface area contributed by atoms with Crippen molar-refractivity contribution in [3.05, 3.63) is 46.2 Å². The number of sulfonamides is 1. The molecule has 1 aromatic heterocycles. The fourth-order valence-corrected chi connectivity index (χ4v) is 3.41. The van der Waals surface area contributed by atoms with Gasteiger partial charge in [-0.15, -0.1) is 0 Å². The monoisotopic (exact) mass is 368 g/mol. The number of aryl methyl sites for hydroxylation is 1. The van der Waals surface area contributed by atoms with E-state index in [2.05, 4.69) is 25.6 Å². The van der Waals surface area contributed by atoms with Crippen LogP contribution in [0.4, 0.5) is 5.69 Å². The van der Waals surface area contributed by atoms with Crippen molar-refractivity contribution >= 4 is 31.6 Å². The second-order valence-corrected chi connectivity index (χ2v) is 7.24. The standard InChI is InChI=1S/C14H13BrN2O3S/c1-9-6-11(8-16-14(9)15)17-21(18,19)12-3-2-10-4-5-20-13(10)7-12/h2-3,6-8,17H,4-5H2,1H3. The number of nitrogens with zero attached hydrogens (tertiary/aromatic N) is 1. The van der Waals surface area contributed by atoms with Crippen molar-refractivity contribution in [1.82, 2.24) is 4.98 Å².